The van der Waals surface area contributed by atoms with Gasteiger partial charge in [0.25, 0.3) is 5.56 Å². The molecule has 2 heterocycles. The number of benzene rings is 1. The Morgan fingerprint density at radius 3 is 2.63 bits per heavy atom. The van der Waals surface area contributed by atoms with Gasteiger partial charge in [0.2, 0.25) is 0 Å². The van der Waals surface area contributed by atoms with Crippen LogP contribution in [0.5, 0.6) is 5.75 Å². The van der Waals surface area contributed by atoms with Crippen LogP contribution in [0, 0.1) is 5.92 Å². The molecule has 1 fully saturated rings. The number of aryl methyl sites for hydroxylation is 1. The van der Waals surface area contributed by atoms with Crippen LogP contribution in [0.3, 0.4) is 0 Å². The van der Waals surface area contributed by atoms with Crippen molar-refractivity contribution < 1.29 is 4.74 Å². The van der Waals surface area contributed by atoms with E-state index in [0.717, 1.165) is 34.4 Å². The fraction of sp³-hybridized carbons (Fsp3) is 0.364. The van der Waals surface area contributed by atoms with Gasteiger partial charge in [-0.15, -0.1) is 0 Å². The minimum atomic E-state index is -1.06. The molecule has 140 valence electrons. The Hall–Kier alpha value is -2.40. The summed E-state index contributed by atoms with van der Waals surface area (Å²) in [6.07, 6.45) is 4.41. The molecule has 1 aliphatic rings. The van der Waals surface area contributed by atoms with Crippen LogP contribution in [0.25, 0.3) is 22.0 Å². The standard InChI is InChI=1S/C22H26N2O2Si/c1-4-27(3)20-12-11-19(26-14-15-9-10-15)21(23-20)18-13-24(2)22(25)17-8-6-5-7-16(17)18/h5-8,11-13,15,27H,4,9-10,14H2,1-3H3. The molecule has 0 bridgehead atoms. The van der Waals surface area contributed by atoms with Gasteiger partial charge < -0.3 is 9.30 Å². The van der Waals surface area contributed by atoms with E-state index in [4.69, 9.17) is 9.72 Å². The molecule has 0 amide bonds. The van der Waals surface area contributed by atoms with E-state index < -0.39 is 8.80 Å². The van der Waals surface area contributed by atoms with Crippen molar-refractivity contribution in [2.24, 2.45) is 13.0 Å². The van der Waals surface area contributed by atoms with Gasteiger partial charge in [-0.25, -0.2) is 0 Å². The number of fused-ring (bicyclic) bond motifs is 1. The van der Waals surface area contributed by atoms with Gasteiger partial charge in [0.05, 0.1) is 15.4 Å². The molecule has 0 saturated heterocycles. The Kier molecular flexibility index (Phi) is 4.87. The lowest BCUT2D eigenvalue weighted by molar-refractivity contribution is 0.300. The summed E-state index contributed by atoms with van der Waals surface area (Å²) >= 11 is 0. The molecule has 1 aromatic carbocycles. The third kappa shape index (κ3) is 3.56. The first kappa shape index (κ1) is 18.0. The number of nitrogens with zero attached hydrogens (tertiary/aromatic N) is 2. The van der Waals surface area contributed by atoms with Gasteiger partial charge in [0, 0.05) is 29.5 Å². The molecule has 0 N–H and O–H groups in total. The number of pyridine rings is 2. The Morgan fingerprint density at radius 1 is 1.19 bits per heavy atom. The number of hydrogen-bond acceptors (Lipinski definition) is 3. The quantitative estimate of drug-likeness (QED) is 0.617. The van der Waals surface area contributed by atoms with Crippen molar-refractivity contribution in [2.75, 3.05) is 6.61 Å². The third-order valence-electron chi connectivity index (χ3n) is 5.51. The van der Waals surface area contributed by atoms with Crippen molar-refractivity contribution >= 4 is 24.9 Å². The molecule has 0 aliphatic heterocycles. The predicted octanol–water partition coefficient (Wildman–Crippen LogP) is 3.47. The largest absolute Gasteiger partial charge is 0.491 e. The van der Waals surface area contributed by atoms with Crippen LogP contribution < -0.4 is 15.6 Å². The molecule has 1 aliphatic carbocycles. The first-order chi connectivity index (χ1) is 13.1. The van der Waals surface area contributed by atoms with E-state index in [2.05, 4.69) is 25.6 Å². The van der Waals surface area contributed by atoms with Crippen molar-refractivity contribution in [3.8, 4) is 17.0 Å². The molecule has 3 aromatic rings. The van der Waals surface area contributed by atoms with Crippen LogP contribution in [-0.4, -0.2) is 25.0 Å². The lowest BCUT2D eigenvalue weighted by atomic mass is 10.0. The number of rotatable bonds is 6. The topological polar surface area (TPSA) is 44.1 Å². The molecule has 27 heavy (non-hydrogen) atoms. The highest BCUT2D eigenvalue weighted by molar-refractivity contribution is 6.71. The van der Waals surface area contributed by atoms with Crippen LogP contribution in [0.15, 0.2) is 47.4 Å². The van der Waals surface area contributed by atoms with Crippen molar-refractivity contribution in [2.45, 2.75) is 32.4 Å². The molecule has 1 saturated carbocycles. The summed E-state index contributed by atoms with van der Waals surface area (Å²) in [7, 11) is 0.743. The van der Waals surface area contributed by atoms with Gasteiger partial charge in [-0.1, -0.05) is 37.7 Å². The smallest absolute Gasteiger partial charge is 0.258 e. The van der Waals surface area contributed by atoms with Crippen LogP contribution >= 0.6 is 0 Å². The lowest BCUT2D eigenvalue weighted by Crippen LogP contribution is -2.29. The molecule has 2 aromatic heterocycles. The van der Waals surface area contributed by atoms with Crippen molar-refractivity contribution in [1.29, 1.82) is 0 Å². The Morgan fingerprint density at radius 2 is 1.93 bits per heavy atom. The van der Waals surface area contributed by atoms with Gasteiger partial charge in [-0.05, 0) is 42.3 Å². The predicted molar refractivity (Wildman–Crippen MR) is 114 cm³/mol. The zero-order valence-corrected chi connectivity index (χ0v) is 17.4. The van der Waals surface area contributed by atoms with E-state index in [0.29, 0.717) is 5.92 Å². The fourth-order valence-corrected chi connectivity index (χ4v) is 4.54. The summed E-state index contributed by atoms with van der Waals surface area (Å²) in [4.78, 5) is 17.6. The fourth-order valence-electron chi connectivity index (χ4n) is 3.35. The summed E-state index contributed by atoms with van der Waals surface area (Å²) in [5, 5.41) is 2.86. The van der Waals surface area contributed by atoms with E-state index >= 15 is 0 Å². The maximum atomic E-state index is 12.6. The Labute approximate surface area is 161 Å². The first-order valence-electron chi connectivity index (χ1n) is 9.81. The normalized spacial score (nSPS) is 15.1. The van der Waals surface area contributed by atoms with Crippen LogP contribution in [0.1, 0.15) is 19.8 Å². The summed E-state index contributed by atoms with van der Waals surface area (Å²) < 4.78 is 7.82. The maximum Gasteiger partial charge on any atom is 0.258 e. The van der Waals surface area contributed by atoms with E-state index in [1.807, 2.05) is 30.5 Å². The molecule has 0 radical (unpaired) electrons. The lowest BCUT2D eigenvalue weighted by Gasteiger charge is -2.16. The van der Waals surface area contributed by atoms with E-state index in [1.165, 1.54) is 24.2 Å². The van der Waals surface area contributed by atoms with Crippen LogP contribution in [0.4, 0.5) is 0 Å². The number of aromatic nitrogens is 2. The highest BCUT2D eigenvalue weighted by atomic mass is 28.3. The highest BCUT2D eigenvalue weighted by Crippen LogP contribution is 2.34. The number of hydrogen-bond donors (Lipinski definition) is 0. The molecular formula is C22H26N2O2Si. The van der Waals surface area contributed by atoms with Gasteiger partial charge in [-0.3, -0.25) is 9.78 Å². The van der Waals surface area contributed by atoms with E-state index in [9.17, 15) is 4.79 Å². The average molecular weight is 379 g/mol. The number of ether oxygens (including phenoxy) is 1. The summed E-state index contributed by atoms with van der Waals surface area (Å²) in [5.41, 5.74) is 1.85. The van der Waals surface area contributed by atoms with Crippen LogP contribution in [0.2, 0.25) is 12.6 Å². The van der Waals surface area contributed by atoms with Crippen LogP contribution in [-0.2, 0) is 7.05 Å². The summed E-state index contributed by atoms with van der Waals surface area (Å²) in [6.45, 7) is 5.31. The third-order valence-corrected chi connectivity index (χ3v) is 8.07. The van der Waals surface area contributed by atoms with Gasteiger partial charge in [0.1, 0.15) is 11.4 Å². The molecule has 4 rings (SSSR count). The molecule has 1 unspecified atom stereocenters. The zero-order valence-electron chi connectivity index (χ0n) is 16.2. The second-order valence-corrected chi connectivity index (χ2v) is 10.9. The van der Waals surface area contributed by atoms with E-state index in [1.54, 1.807) is 11.6 Å². The molecule has 5 heteroatoms. The second kappa shape index (κ2) is 7.31. The molecule has 0 spiro atoms. The Balaban J connectivity index is 1.91. The first-order valence-corrected chi connectivity index (χ1v) is 12.4. The van der Waals surface area contributed by atoms with Crippen molar-refractivity contribution in [3.05, 3.63) is 52.9 Å². The molecule has 1 atom stereocenters. The minimum Gasteiger partial charge on any atom is -0.491 e. The molecule has 4 nitrogen and oxygen atoms in total. The second-order valence-electron chi connectivity index (χ2n) is 7.65. The highest BCUT2D eigenvalue weighted by Gasteiger charge is 2.23. The SMILES string of the molecule is CC[SiH](C)c1ccc(OCC2CC2)c(-c2cn(C)c(=O)c3ccccc23)n1. The maximum absolute atomic E-state index is 12.6. The average Bonchev–Trinajstić information content (AvgIpc) is 3.53. The molecular weight excluding hydrogens is 352 g/mol. The van der Waals surface area contributed by atoms with Gasteiger partial charge >= 0.3 is 0 Å². The minimum absolute atomic E-state index is 0.0160. The van der Waals surface area contributed by atoms with Gasteiger partial charge in [0.15, 0.2) is 0 Å². The monoisotopic (exact) mass is 378 g/mol. The summed E-state index contributed by atoms with van der Waals surface area (Å²) in [5.74, 6) is 1.50. The summed E-state index contributed by atoms with van der Waals surface area (Å²) in [6, 6.07) is 13.2. The van der Waals surface area contributed by atoms with Crippen molar-refractivity contribution in [3.63, 3.8) is 0 Å². The van der Waals surface area contributed by atoms with Gasteiger partial charge in [-0.2, -0.15) is 0 Å². The zero-order chi connectivity index (χ0) is 19.0. The van der Waals surface area contributed by atoms with Crippen molar-refractivity contribution in [1.82, 2.24) is 9.55 Å². The van der Waals surface area contributed by atoms with E-state index in [-0.39, 0.29) is 5.56 Å². The Bertz CT molecular complexity index is 1040.